The number of para-hydroxylation sites is 1. The van der Waals surface area contributed by atoms with E-state index in [1.807, 2.05) is 6.92 Å². The number of likely N-dealkylation sites (tertiary alicyclic amines) is 1. The molecule has 0 aliphatic carbocycles. The Bertz CT molecular complexity index is 1300. The lowest BCUT2D eigenvalue weighted by molar-refractivity contribution is -0.144. The summed E-state index contributed by atoms with van der Waals surface area (Å²) >= 11 is 0. The van der Waals surface area contributed by atoms with Crippen LogP contribution in [0.5, 0.6) is 0 Å². The van der Waals surface area contributed by atoms with Gasteiger partial charge in [0.2, 0.25) is 0 Å². The molecule has 0 saturated carbocycles. The number of nitrogens with zero attached hydrogens (tertiary/aromatic N) is 3. The average molecular weight is 508 g/mol. The molecule has 1 spiro atoms. The van der Waals surface area contributed by atoms with Crippen molar-refractivity contribution in [1.29, 1.82) is 0 Å². The summed E-state index contributed by atoms with van der Waals surface area (Å²) < 4.78 is 19.9. The van der Waals surface area contributed by atoms with Crippen LogP contribution in [0.25, 0.3) is 5.76 Å². The number of carbonyl (C=O) groups is 3. The maximum atomic E-state index is 14.5. The van der Waals surface area contributed by atoms with Gasteiger partial charge in [0.1, 0.15) is 11.6 Å². The number of aliphatic hydroxyl groups is 1. The molecule has 9 heteroatoms. The Morgan fingerprint density at radius 3 is 2.49 bits per heavy atom. The van der Waals surface area contributed by atoms with E-state index < -0.39 is 34.7 Å². The van der Waals surface area contributed by atoms with Crippen molar-refractivity contribution >= 4 is 29.0 Å². The largest absolute Gasteiger partial charge is 0.507 e. The molecular weight excluding hydrogens is 477 g/mol. The number of morpholine rings is 1. The topological polar surface area (TPSA) is 90.4 Å². The molecule has 1 N–H and O–H groups in total. The average Bonchev–Trinajstić information content (AvgIpc) is 3.28. The first kappa shape index (κ1) is 25.1. The second-order valence-corrected chi connectivity index (χ2v) is 9.61. The summed E-state index contributed by atoms with van der Waals surface area (Å²) in [5.74, 6) is -3.41. The number of halogens is 1. The van der Waals surface area contributed by atoms with E-state index in [2.05, 4.69) is 4.90 Å². The summed E-state index contributed by atoms with van der Waals surface area (Å²) in [6, 6.07) is 11.1. The number of carbonyl (C=O) groups excluding carboxylic acids is 3. The van der Waals surface area contributed by atoms with Crippen molar-refractivity contribution in [2.45, 2.75) is 25.8 Å². The summed E-state index contributed by atoms with van der Waals surface area (Å²) in [6.45, 7) is 6.91. The summed E-state index contributed by atoms with van der Waals surface area (Å²) in [6.07, 6.45) is 0.653. The molecule has 1 unspecified atom stereocenters. The van der Waals surface area contributed by atoms with Crippen LogP contribution in [0.15, 0.2) is 48.0 Å². The Morgan fingerprint density at radius 2 is 1.78 bits per heavy atom. The van der Waals surface area contributed by atoms with Crippen molar-refractivity contribution in [2.24, 2.45) is 0 Å². The number of aryl methyl sites for hydroxylation is 1. The van der Waals surface area contributed by atoms with Crippen molar-refractivity contribution in [3.63, 3.8) is 0 Å². The van der Waals surface area contributed by atoms with E-state index in [-0.39, 0.29) is 17.7 Å². The number of anilines is 1. The molecule has 2 amide bonds. The Hall–Kier alpha value is -3.56. The van der Waals surface area contributed by atoms with E-state index in [1.54, 1.807) is 36.1 Å². The lowest BCUT2D eigenvalue weighted by Crippen LogP contribution is -2.54. The minimum atomic E-state index is -1.84. The second kappa shape index (κ2) is 9.72. The van der Waals surface area contributed by atoms with Gasteiger partial charge in [-0.1, -0.05) is 37.3 Å². The summed E-state index contributed by atoms with van der Waals surface area (Å²) in [7, 11) is 0. The smallest absolute Gasteiger partial charge is 0.296 e. The summed E-state index contributed by atoms with van der Waals surface area (Å²) in [5.41, 5.74) is -0.699. The standard InChI is InChI=1S/C28H30FN3O5/c1-3-10-31-22-7-5-4-6-20(22)28(27(31)36)23(24(33)19-9-8-18(2)21(29)17-19)25(34)26(35)32(28)12-11-30-13-15-37-16-14-30/h4-9,17,33H,3,10-16H2,1-2H3. The number of aliphatic hydroxyl groups excluding tert-OH is 1. The fourth-order valence-corrected chi connectivity index (χ4v) is 5.56. The molecule has 2 aromatic rings. The van der Waals surface area contributed by atoms with Gasteiger partial charge < -0.3 is 19.6 Å². The highest BCUT2D eigenvalue weighted by Gasteiger charge is 2.66. The van der Waals surface area contributed by atoms with Crippen molar-refractivity contribution in [3.8, 4) is 0 Å². The van der Waals surface area contributed by atoms with Crippen molar-refractivity contribution in [2.75, 3.05) is 50.8 Å². The van der Waals surface area contributed by atoms with Crippen LogP contribution in [-0.2, 0) is 24.7 Å². The fraction of sp³-hybridized carbons (Fsp3) is 0.393. The lowest BCUT2D eigenvalue weighted by atomic mass is 9.82. The van der Waals surface area contributed by atoms with Gasteiger partial charge in [-0.05, 0) is 31.0 Å². The van der Waals surface area contributed by atoms with Gasteiger partial charge in [-0.15, -0.1) is 0 Å². The van der Waals surface area contributed by atoms with Crippen LogP contribution in [0.2, 0.25) is 0 Å². The zero-order valence-electron chi connectivity index (χ0n) is 21.0. The third-order valence-electron chi connectivity index (χ3n) is 7.45. The molecule has 2 saturated heterocycles. The number of amides is 2. The molecule has 1 atom stereocenters. The number of ether oxygens (including phenoxy) is 1. The van der Waals surface area contributed by atoms with Crippen LogP contribution in [0.4, 0.5) is 10.1 Å². The molecule has 3 heterocycles. The quantitative estimate of drug-likeness (QED) is 0.368. The van der Waals surface area contributed by atoms with Gasteiger partial charge >= 0.3 is 0 Å². The van der Waals surface area contributed by atoms with Gasteiger partial charge in [-0.3, -0.25) is 19.3 Å². The molecule has 5 rings (SSSR count). The highest BCUT2D eigenvalue weighted by Crippen LogP contribution is 2.53. The zero-order valence-corrected chi connectivity index (χ0v) is 21.0. The normalized spacial score (nSPS) is 23.4. The second-order valence-electron chi connectivity index (χ2n) is 9.61. The molecule has 3 aliphatic rings. The van der Waals surface area contributed by atoms with E-state index in [9.17, 15) is 23.9 Å². The van der Waals surface area contributed by atoms with Gasteiger partial charge in [-0.25, -0.2) is 4.39 Å². The van der Waals surface area contributed by atoms with Crippen molar-refractivity contribution < 1.29 is 28.6 Å². The molecule has 0 radical (unpaired) electrons. The molecule has 0 bridgehead atoms. The minimum Gasteiger partial charge on any atom is -0.507 e. The molecule has 2 fully saturated rings. The predicted molar refractivity (Wildman–Crippen MR) is 135 cm³/mol. The van der Waals surface area contributed by atoms with Crippen LogP contribution in [0.1, 0.15) is 30.0 Å². The summed E-state index contributed by atoms with van der Waals surface area (Å²) in [4.78, 5) is 46.5. The molecular formula is C28H30FN3O5. The summed E-state index contributed by atoms with van der Waals surface area (Å²) in [5, 5.41) is 11.5. The lowest BCUT2D eigenvalue weighted by Gasteiger charge is -2.36. The number of benzene rings is 2. The number of rotatable bonds is 6. The number of hydrogen-bond acceptors (Lipinski definition) is 6. The fourth-order valence-electron chi connectivity index (χ4n) is 5.56. The number of Topliss-reactive ketones (excluding diaryl/α,β-unsaturated/α-hetero) is 1. The van der Waals surface area contributed by atoms with Gasteiger partial charge in [0.25, 0.3) is 17.6 Å². The predicted octanol–water partition coefficient (Wildman–Crippen LogP) is 2.80. The van der Waals surface area contributed by atoms with E-state index >= 15 is 0 Å². The number of fused-ring (bicyclic) bond motifs is 2. The minimum absolute atomic E-state index is 0.0351. The number of ketones is 1. The highest BCUT2D eigenvalue weighted by atomic mass is 19.1. The van der Waals surface area contributed by atoms with Gasteiger partial charge in [-0.2, -0.15) is 0 Å². The first-order chi connectivity index (χ1) is 17.8. The maximum Gasteiger partial charge on any atom is 0.296 e. The SMILES string of the molecule is CCCN1C(=O)C2(C(=C(O)c3ccc(C)c(F)c3)C(=O)C(=O)N2CCN2CCOCC2)c2ccccc21. The van der Waals surface area contributed by atoms with Crippen LogP contribution >= 0.6 is 0 Å². The molecule has 8 nitrogen and oxygen atoms in total. The van der Waals surface area contributed by atoms with E-state index in [1.165, 1.54) is 17.0 Å². The Balaban J connectivity index is 1.72. The monoisotopic (exact) mass is 507 g/mol. The van der Waals surface area contributed by atoms with Crippen molar-refractivity contribution in [3.05, 3.63) is 70.5 Å². The first-order valence-corrected chi connectivity index (χ1v) is 12.6. The van der Waals surface area contributed by atoms with Crippen LogP contribution in [0.3, 0.4) is 0 Å². The molecule has 3 aliphatic heterocycles. The molecule has 194 valence electrons. The Labute approximate surface area is 214 Å². The highest BCUT2D eigenvalue weighted by molar-refractivity contribution is 6.50. The van der Waals surface area contributed by atoms with E-state index in [4.69, 9.17) is 4.74 Å². The first-order valence-electron chi connectivity index (χ1n) is 12.6. The van der Waals surface area contributed by atoms with Gasteiger partial charge in [0.05, 0.1) is 24.5 Å². The van der Waals surface area contributed by atoms with Gasteiger partial charge in [0, 0.05) is 43.9 Å². The van der Waals surface area contributed by atoms with E-state index in [0.717, 1.165) is 6.07 Å². The molecule has 37 heavy (non-hydrogen) atoms. The van der Waals surface area contributed by atoms with E-state index in [0.29, 0.717) is 62.6 Å². The third kappa shape index (κ3) is 3.84. The molecule has 2 aromatic carbocycles. The van der Waals surface area contributed by atoms with Gasteiger partial charge in [0.15, 0.2) is 5.54 Å². The maximum absolute atomic E-state index is 14.5. The number of hydrogen-bond donors (Lipinski definition) is 1. The van der Waals surface area contributed by atoms with Crippen molar-refractivity contribution in [1.82, 2.24) is 9.80 Å². The Morgan fingerprint density at radius 1 is 1.05 bits per heavy atom. The zero-order chi connectivity index (χ0) is 26.3. The van der Waals surface area contributed by atoms with Crippen LogP contribution in [0, 0.1) is 12.7 Å². The Kier molecular flexibility index (Phi) is 6.59. The third-order valence-corrected chi connectivity index (χ3v) is 7.45. The van der Waals surface area contributed by atoms with Crippen LogP contribution in [-0.4, -0.2) is 78.4 Å². The molecule has 0 aromatic heterocycles. The van der Waals surface area contributed by atoms with Crippen LogP contribution < -0.4 is 4.90 Å².